The quantitative estimate of drug-likeness (QED) is 0.271. The standard InChI is InChI=1S/Ge.HNO3/c;2-1(3)4/h;(H,2,3,4). The summed E-state index contributed by atoms with van der Waals surface area (Å²) in [4.78, 5) is 8.36. The first-order valence-corrected chi connectivity index (χ1v) is 0.565. The molecular weight excluding hydrogens is 135 g/mol. The third kappa shape index (κ3) is 172. The van der Waals surface area contributed by atoms with Gasteiger partial charge in [-0.15, -0.1) is 10.1 Å². The molecule has 0 aromatic heterocycles. The van der Waals surface area contributed by atoms with Gasteiger partial charge in [0.25, 0.3) is 5.09 Å². The first-order chi connectivity index (χ1) is 1.73. The van der Waals surface area contributed by atoms with E-state index in [9.17, 15) is 0 Å². The van der Waals surface area contributed by atoms with E-state index in [2.05, 4.69) is 0 Å². The maximum atomic E-state index is 8.36. The molecule has 0 aromatic carbocycles. The summed E-state index contributed by atoms with van der Waals surface area (Å²) in [5.74, 6) is 0. The summed E-state index contributed by atoms with van der Waals surface area (Å²) in [6.45, 7) is 0. The van der Waals surface area contributed by atoms with Crippen molar-refractivity contribution in [2.24, 2.45) is 0 Å². The molecule has 0 atom stereocenters. The smallest absolute Gasteiger partial charge is 0.291 e. The molecule has 0 amide bonds. The maximum Gasteiger partial charge on any atom is 0.291 e. The Morgan fingerprint density at radius 2 is 1.80 bits per heavy atom. The van der Waals surface area contributed by atoms with E-state index in [4.69, 9.17) is 15.3 Å². The first-order valence-electron chi connectivity index (χ1n) is 0.565. The van der Waals surface area contributed by atoms with Crippen molar-refractivity contribution in [1.29, 1.82) is 0 Å². The van der Waals surface area contributed by atoms with Gasteiger partial charge >= 0.3 is 0 Å². The summed E-state index contributed by atoms with van der Waals surface area (Å²) in [6.07, 6.45) is 0. The molecule has 28 valence electrons. The molecule has 1 N–H and O–H groups in total. The van der Waals surface area contributed by atoms with E-state index in [1.807, 2.05) is 0 Å². The summed E-state index contributed by atoms with van der Waals surface area (Å²) in [5.41, 5.74) is 0. The van der Waals surface area contributed by atoms with Crippen molar-refractivity contribution < 1.29 is 10.3 Å². The van der Waals surface area contributed by atoms with Crippen LogP contribution in [0.5, 0.6) is 0 Å². The minimum Gasteiger partial charge on any atom is -0.328 e. The summed E-state index contributed by atoms with van der Waals surface area (Å²) in [6, 6.07) is 0. The molecule has 0 rings (SSSR count). The van der Waals surface area contributed by atoms with Crippen LogP contribution in [0.2, 0.25) is 0 Å². The van der Waals surface area contributed by atoms with E-state index in [0.29, 0.717) is 0 Å². The molecule has 0 aliphatic carbocycles. The van der Waals surface area contributed by atoms with Crippen molar-refractivity contribution >= 4 is 17.6 Å². The van der Waals surface area contributed by atoms with Gasteiger partial charge in [0.1, 0.15) is 0 Å². The van der Waals surface area contributed by atoms with Crippen molar-refractivity contribution in [1.82, 2.24) is 0 Å². The van der Waals surface area contributed by atoms with Crippen LogP contribution in [0.4, 0.5) is 0 Å². The van der Waals surface area contributed by atoms with Crippen LogP contribution in [0.1, 0.15) is 0 Å². The van der Waals surface area contributed by atoms with Gasteiger partial charge in [0.05, 0.1) is 0 Å². The minimum absolute atomic E-state index is 0. The van der Waals surface area contributed by atoms with E-state index in [-0.39, 0.29) is 17.6 Å². The second-order valence-corrected chi connectivity index (χ2v) is 0.238. The van der Waals surface area contributed by atoms with Crippen LogP contribution in [-0.4, -0.2) is 27.9 Å². The molecule has 0 spiro atoms. The van der Waals surface area contributed by atoms with Gasteiger partial charge in [-0.3, -0.25) is 0 Å². The zero-order valence-electron chi connectivity index (χ0n) is 2.21. The maximum absolute atomic E-state index is 8.36. The zero-order chi connectivity index (χ0) is 3.58. The predicted molar refractivity (Wildman–Crippen MR) is 14.5 cm³/mol. The van der Waals surface area contributed by atoms with Crippen LogP contribution in [-0.2, 0) is 0 Å². The van der Waals surface area contributed by atoms with Crippen LogP contribution in [0.15, 0.2) is 0 Å². The number of nitrogens with zero attached hydrogens (tertiary/aromatic N) is 1. The third-order valence-corrected chi connectivity index (χ3v) is 0. The van der Waals surface area contributed by atoms with Crippen molar-refractivity contribution in [3.05, 3.63) is 10.1 Å². The normalized spacial score (nSPS) is 4.80. The van der Waals surface area contributed by atoms with E-state index < -0.39 is 5.09 Å². The van der Waals surface area contributed by atoms with Gasteiger partial charge in [-0.2, -0.15) is 0 Å². The minimum atomic E-state index is -1.50. The van der Waals surface area contributed by atoms with E-state index >= 15 is 0 Å². The fourth-order valence-corrected chi connectivity index (χ4v) is 0. The molecule has 0 fully saturated rings. The van der Waals surface area contributed by atoms with Gasteiger partial charge in [0, 0.05) is 17.6 Å². The molecular formula is HGeNO3. The topological polar surface area (TPSA) is 63.4 Å². The summed E-state index contributed by atoms with van der Waals surface area (Å²) in [5, 5.41) is 13.6. The Balaban J connectivity index is 0. The SMILES string of the molecule is O=[N+]([O-])O.[Ge]. The average Bonchev–Trinajstić information content (AvgIpc) is 0.811. The first kappa shape index (κ1) is 8.83. The Kier molecular flexibility index (Phi) is 6.61. The Morgan fingerprint density at radius 3 is 1.80 bits per heavy atom. The van der Waals surface area contributed by atoms with Crippen molar-refractivity contribution in [2.45, 2.75) is 0 Å². The Hall–Kier alpha value is -0.257. The number of hydrogen-bond acceptors (Lipinski definition) is 2. The molecule has 0 unspecified atom stereocenters. The predicted octanol–water partition coefficient (Wildman–Crippen LogP) is -0.729. The van der Waals surface area contributed by atoms with Gasteiger partial charge in [0.15, 0.2) is 0 Å². The largest absolute Gasteiger partial charge is 0.328 e. The number of hydrogen-bond donors (Lipinski definition) is 1. The summed E-state index contributed by atoms with van der Waals surface area (Å²) < 4.78 is 0. The van der Waals surface area contributed by atoms with Crippen LogP contribution in [0, 0.1) is 10.1 Å². The van der Waals surface area contributed by atoms with Gasteiger partial charge in [-0.1, -0.05) is 0 Å². The Morgan fingerprint density at radius 1 is 1.80 bits per heavy atom. The molecule has 0 aromatic rings. The molecule has 5 heteroatoms. The van der Waals surface area contributed by atoms with Crippen LogP contribution in [0.3, 0.4) is 0 Å². The van der Waals surface area contributed by atoms with Gasteiger partial charge in [-0.05, 0) is 0 Å². The van der Waals surface area contributed by atoms with E-state index in [0.717, 1.165) is 0 Å². The Labute approximate surface area is 38.9 Å². The fourth-order valence-electron chi connectivity index (χ4n) is 0. The zero-order valence-corrected chi connectivity index (χ0v) is 4.31. The molecule has 0 aliphatic rings. The molecule has 0 saturated carbocycles. The van der Waals surface area contributed by atoms with Crippen molar-refractivity contribution in [3.8, 4) is 0 Å². The van der Waals surface area contributed by atoms with Gasteiger partial charge < -0.3 is 5.21 Å². The van der Waals surface area contributed by atoms with E-state index in [1.165, 1.54) is 0 Å². The second kappa shape index (κ2) is 3.74. The molecule has 5 heavy (non-hydrogen) atoms. The van der Waals surface area contributed by atoms with Crippen molar-refractivity contribution in [3.63, 3.8) is 0 Å². The van der Waals surface area contributed by atoms with Gasteiger partial charge in [-0.25, -0.2) is 0 Å². The van der Waals surface area contributed by atoms with Crippen LogP contribution < -0.4 is 0 Å². The van der Waals surface area contributed by atoms with Gasteiger partial charge in [0.2, 0.25) is 0 Å². The second-order valence-electron chi connectivity index (χ2n) is 0.238. The summed E-state index contributed by atoms with van der Waals surface area (Å²) >= 11 is 0. The van der Waals surface area contributed by atoms with Crippen LogP contribution >= 0.6 is 0 Å². The molecule has 4 nitrogen and oxygen atoms in total. The third-order valence-electron chi connectivity index (χ3n) is 0. The molecule has 0 saturated heterocycles. The Bertz CT molecular complexity index is 29.9. The summed E-state index contributed by atoms with van der Waals surface area (Å²) in [7, 11) is 0. The van der Waals surface area contributed by atoms with Crippen LogP contribution in [0.25, 0.3) is 0 Å². The molecule has 4 radical (unpaired) electrons. The average molecular weight is 136 g/mol. The fraction of sp³-hybridized carbons (Fsp3) is 0. The molecule has 0 aliphatic heterocycles. The molecule has 0 bridgehead atoms. The number of rotatable bonds is 0. The monoisotopic (exact) mass is 137 g/mol. The van der Waals surface area contributed by atoms with E-state index in [1.54, 1.807) is 0 Å². The molecule has 0 heterocycles. The van der Waals surface area contributed by atoms with Crippen molar-refractivity contribution in [2.75, 3.05) is 0 Å².